The van der Waals surface area contributed by atoms with E-state index < -0.39 is 0 Å². The van der Waals surface area contributed by atoms with E-state index in [1.54, 1.807) is 12.1 Å². The molecule has 0 amide bonds. The predicted octanol–water partition coefficient (Wildman–Crippen LogP) is 3.65. The van der Waals surface area contributed by atoms with E-state index in [2.05, 4.69) is 35.1 Å². The minimum Gasteiger partial charge on any atom is -0.310 e. The molecule has 0 saturated heterocycles. The average Bonchev–Trinajstić information content (AvgIpc) is 2.23. The molecule has 1 N–H and O–H groups in total. The van der Waals surface area contributed by atoms with E-state index in [4.69, 9.17) is 0 Å². The number of nitrogens with one attached hydrogen (secondary N) is 1. The standard InChI is InChI=1S/C13H17BrFN/c1-8(2)5-9-6-10-11(7-16-9)12(14)3-4-13(10)15/h3-4,8-9,16H,5-7H2,1-2H3. The van der Waals surface area contributed by atoms with Crippen LogP contribution in [-0.2, 0) is 13.0 Å². The first-order chi connectivity index (χ1) is 7.58. The maximum absolute atomic E-state index is 13.7. The highest BCUT2D eigenvalue weighted by Gasteiger charge is 2.22. The third-order valence-electron chi connectivity index (χ3n) is 3.09. The number of hydrogen-bond donors (Lipinski definition) is 1. The minimum absolute atomic E-state index is 0.0616. The molecule has 1 aliphatic heterocycles. The van der Waals surface area contributed by atoms with E-state index in [0.717, 1.165) is 35.0 Å². The summed E-state index contributed by atoms with van der Waals surface area (Å²) in [4.78, 5) is 0. The molecule has 1 aliphatic rings. The number of benzene rings is 1. The van der Waals surface area contributed by atoms with Crippen LogP contribution in [-0.4, -0.2) is 6.04 Å². The van der Waals surface area contributed by atoms with Crippen molar-refractivity contribution in [1.82, 2.24) is 5.32 Å². The van der Waals surface area contributed by atoms with Crippen LogP contribution in [0.1, 0.15) is 31.4 Å². The molecule has 1 atom stereocenters. The van der Waals surface area contributed by atoms with Crippen LogP contribution in [0, 0.1) is 11.7 Å². The molecule has 0 radical (unpaired) electrons. The molecule has 1 aromatic carbocycles. The van der Waals surface area contributed by atoms with E-state index in [-0.39, 0.29) is 5.82 Å². The Morgan fingerprint density at radius 1 is 1.44 bits per heavy atom. The Balaban J connectivity index is 2.23. The van der Waals surface area contributed by atoms with Gasteiger partial charge in [0.1, 0.15) is 5.82 Å². The smallest absolute Gasteiger partial charge is 0.126 e. The summed E-state index contributed by atoms with van der Waals surface area (Å²) in [5.74, 6) is 0.586. The molecular formula is C13H17BrFN. The second-order valence-electron chi connectivity index (χ2n) is 4.90. The van der Waals surface area contributed by atoms with Gasteiger partial charge in [-0.25, -0.2) is 4.39 Å². The first kappa shape index (κ1) is 12.1. The first-order valence-corrected chi connectivity index (χ1v) is 6.56. The van der Waals surface area contributed by atoms with Gasteiger partial charge in [0.05, 0.1) is 0 Å². The van der Waals surface area contributed by atoms with Crippen LogP contribution in [0.4, 0.5) is 4.39 Å². The van der Waals surface area contributed by atoms with Gasteiger partial charge in [-0.05, 0) is 42.0 Å². The Morgan fingerprint density at radius 2 is 2.19 bits per heavy atom. The predicted molar refractivity (Wildman–Crippen MR) is 67.9 cm³/mol. The van der Waals surface area contributed by atoms with Crippen LogP contribution in [0.25, 0.3) is 0 Å². The molecule has 0 saturated carbocycles. The van der Waals surface area contributed by atoms with Crippen molar-refractivity contribution in [3.05, 3.63) is 33.5 Å². The molecule has 88 valence electrons. The first-order valence-electron chi connectivity index (χ1n) is 5.77. The average molecular weight is 286 g/mol. The third-order valence-corrected chi connectivity index (χ3v) is 3.83. The van der Waals surface area contributed by atoms with E-state index in [1.807, 2.05) is 0 Å². The topological polar surface area (TPSA) is 12.0 Å². The van der Waals surface area contributed by atoms with Crippen molar-refractivity contribution in [3.8, 4) is 0 Å². The zero-order valence-electron chi connectivity index (χ0n) is 9.69. The number of hydrogen-bond acceptors (Lipinski definition) is 1. The minimum atomic E-state index is -0.0616. The fourth-order valence-corrected chi connectivity index (χ4v) is 2.86. The van der Waals surface area contributed by atoms with Crippen molar-refractivity contribution in [1.29, 1.82) is 0 Å². The van der Waals surface area contributed by atoms with Crippen molar-refractivity contribution in [2.75, 3.05) is 0 Å². The van der Waals surface area contributed by atoms with Gasteiger partial charge in [0.25, 0.3) is 0 Å². The Labute approximate surface area is 105 Å². The second kappa shape index (κ2) is 4.84. The monoisotopic (exact) mass is 285 g/mol. The van der Waals surface area contributed by atoms with Crippen LogP contribution >= 0.6 is 15.9 Å². The SMILES string of the molecule is CC(C)CC1Cc2c(F)ccc(Br)c2CN1. The normalized spacial score (nSPS) is 19.9. The van der Waals surface area contributed by atoms with Crippen LogP contribution in [0.5, 0.6) is 0 Å². The molecule has 1 nitrogen and oxygen atoms in total. The van der Waals surface area contributed by atoms with Gasteiger partial charge in [-0.1, -0.05) is 29.8 Å². The second-order valence-corrected chi connectivity index (χ2v) is 5.75. The highest BCUT2D eigenvalue weighted by molar-refractivity contribution is 9.10. The van der Waals surface area contributed by atoms with Gasteiger partial charge in [0.15, 0.2) is 0 Å². The van der Waals surface area contributed by atoms with Crippen LogP contribution < -0.4 is 5.32 Å². The molecular weight excluding hydrogens is 269 g/mol. The van der Waals surface area contributed by atoms with E-state index in [1.165, 1.54) is 0 Å². The van der Waals surface area contributed by atoms with Crippen LogP contribution in [0.3, 0.4) is 0 Å². The Hall–Kier alpha value is -0.410. The fraction of sp³-hybridized carbons (Fsp3) is 0.538. The molecule has 0 aromatic heterocycles. The van der Waals surface area contributed by atoms with E-state index >= 15 is 0 Å². The van der Waals surface area contributed by atoms with Gasteiger partial charge in [0, 0.05) is 17.1 Å². The number of halogens is 2. The van der Waals surface area contributed by atoms with Crippen LogP contribution in [0.2, 0.25) is 0 Å². The maximum atomic E-state index is 13.7. The Kier molecular flexibility index (Phi) is 3.65. The molecule has 0 bridgehead atoms. The van der Waals surface area contributed by atoms with Gasteiger partial charge in [-0.2, -0.15) is 0 Å². The summed E-state index contributed by atoms with van der Waals surface area (Å²) < 4.78 is 14.7. The van der Waals surface area contributed by atoms with Crippen molar-refractivity contribution >= 4 is 15.9 Å². The molecule has 16 heavy (non-hydrogen) atoms. The van der Waals surface area contributed by atoms with Gasteiger partial charge in [-0.15, -0.1) is 0 Å². The third kappa shape index (κ3) is 2.46. The van der Waals surface area contributed by atoms with Gasteiger partial charge in [0.2, 0.25) is 0 Å². The maximum Gasteiger partial charge on any atom is 0.126 e. The molecule has 0 spiro atoms. The number of rotatable bonds is 2. The molecule has 3 heteroatoms. The van der Waals surface area contributed by atoms with Gasteiger partial charge < -0.3 is 5.32 Å². The van der Waals surface area contributed by atoms with Gasteiger partial charge in [-0.3, -0.25) is 0 Å². The zero-order valence-corrected chi connectivity index (χ0v) is 11.3. The summed E-state index contributed by atoms with van der Waals surface area (Å²) in [5.41, 5.74) is 1.97. The summed E-state index contributed by atoms with van der Waals surface area (Å²) in [6, 6.07) is 3.76. The molecule has 0 fully saturated rings. The summed E-state index contributed by atoms with van der Waals surface area (Å²) in [6.07, 6.45) is 1.91. The molecule has 2 rings (SSSR count). The summed E-state index contributed by atoms with van der Waals surface area (Å²) >= 11 is 3.48. The largest absolute Gasteiger partial charge is 0.310 e. The number of fused-ring (bicyclic) bond motifs is 1. The zero-order chi connectivity index (χ0) is 11.7. The van der Waals surface area contributed by atoms with E-state index in [0.29, 0.717) is 12.0 Å². The van der Waals surface area contributed by atoms with Crippen molar-refractivity contribution in [2.24, 2.45) is 5.92 Å². The molecule has 1 aromatic rings. The quantitative estimate of drug-likeness (QED) is 0.875. The molecule has 1 unspecified atom stereocenters. The van der Waals surface area contributed by atoms with Crippen molar-refractivity contribution in [2.45, 2.75) is 39.3 Å². The van der Waals surface area contributed by atoms with Crippen molar-refractivity contribution < 1.29 is 4.39 Å². The summed E-state index contributed by atoms with van der Waals surface area (Å²) in [6.45, 7) is 5.17. The van der Waals surface area contributed by atoms with Gasteiger partial charge >= 0.3 is 0 Å². The lowest BCUT2D eigenvalue weighted by atomic mass is 9.91. The highest BCUT2D eigenvalue weighted by atomic mass is 79.9. The summed E-state index contributed by atoms with van der Waals surface area (Å²) in [5, 5.41) is 3.48. The van der Waals surface area contributed by atoms with E-state index in [9.17, 15) is 4.39 Å². The lowest BCUT2D eigenvalue weighted by molar-refractivity contribution is 0.390. The molecule has 0 aliphatic carbocycles. The highest BCUT2D eigenvalue weighted by Crippen LogP contribution is 2.28. The lowest BCUT2D eigenvalue weighted by Gasteiger charge is -2.28. The Bertz CT molecular complexity index is 390. The fourth-order valence-electron chi connectivity index (χ4n) is 2.35. The Morgan fingerprint density at radius 3 is 2.88 bits per heavy atom. The molecule has 1 heterocycles. The summed E-state index contributed by atoms with van der Waals surface area (Å²) in [7, 11) is 0. The lowest BCUT2D eigenvalue weighted by Crippen LogP contribution is -2.37. The van der Waals surface area contributed by atoms with Crippen molar-refractivity contribution in [3.63, 3.8) is 0 Å². The van der Waals surface area contributed by atoms with Crippen LogP contribution in [0.15, 0.2) is 16.6 Å².